The van der Waals surface area contributed by atoms with Gasteiger partial charge in [-0.05, 0) is 70.6 Å². The van der Waals surface area contributed by atoms with Gasteiger partial charge in [-0.15, -0.1) is 0 Å². The molecule has 0 bridgehead atoms. The molecule has 0 radical (unpaired) electrons. The lowest BCUT2D eigenvalue weighted by Gasteiger charge is -2.18. The lowest BCUT2D eigenvalue weighted by Crippen LogP contribution is -2.30. The molecule has 0 saturated carbocycles. The van der Waals surface area contributed by atoms with Gasteiger partial charge in [0.2, 0.25) is 0 Å². The Hall–Kier alpha value is -2.89. The van der Waals surface area contributed by atoms with Crippen LogP contribution < -0.4 is 0 Å². The Balaban J connectivity index is 4.45. The molecule has 58 heavy (non-hydrogen) atoms. The van der Waals surface area contributed by atoms with Gasteiger partial charge in [-0.3, -0.25) is 14.4 Å². The molecule has 1 atom stereocenters. The normalized spacial score (nSPS) is 12.5. The molecule has 0 aliphatic heterocycles. The Kier molecular flexibility index (Phi) is 44.5. The number of hydrogen-bond donors (Lipinski definition) is 0. The van der Waals surface area contributed by atoms with Crippen molar-refractivity contribution in [1.82, 2.24) is 0 Å². The molecule has 0 aliphatic carbocycles. The highest BCUT2D eigenvalue weighted by atomic mass is 16.6. The molecule has 0 spiro atoms. The fraction of sp³-hybridized carbons (Fsp3) is 0.750. The maximum atomic E-state index is 12.7. The summed E-state index contributed by atoms with van der Waals surface area (Å²) >= 11 is 0. The Bertz CT molecular complexity index is 1070. The van der Waals surface area contributed by atoms with Crippen molar-refractivity contribution in [3.8, 4) is 0 Å². The summed E-state index contributed by atoms with van der Waals surface area (Å²) in [5, 5.41) is 0. The second-order valence-corrected chi connectivity index (χ2v) is 16.0. The summed E-state index contributed by atoms with van der Waals surface area (Å²) < 4.78 is 16.7. The molecule has 0 aromatic carbocycles. The summed E-state index contributed by atoms with van der Waals surface area (Å²) in [6.07, 6.45) is 56.4. The van der Waals surface area contributed by atoms with Gasteiger partial charge in [0.05, 0.1) is 0 Å². The number of rotatable bonds is 43. The number of carbonyl (C=O) groups excluding carboxylic acids is 3. The van der Waals surface area contributed by atoms with E-state index in [9.17, 15) is 14.4 Å². The number of ether oxygens (including phenoxy) is 3. The molecule has 0 amide bonds. The number of carbonyl (C=O) groups is 3. The number of esters is 3. The minimum atomic E-state index is -0.811. The van der Waals surface area contributed by atoms with Crippen LogP contribution >= 0.6 is 0 Å². The average molecular weight is 811 g/mol. The zero-order valence-corrected chi connectivity index (χ0v) is 38.0. The van der Waals surface area contributed by atoms with E-state index in [1.54, 1.807) is 0 Å². The van der Waals surface area contributed by atoms with Crippen molar-refractivity contribution in [3.63, 3.8) is 0 Å². The van der Waals surface area contributed by atoms with Crippen LogP contribution in [-0.2, 0) is 28.6 Å². The van der Waals surface area contributed by atoms with Gasteiger partial charge in [-0.25, -0.2) is 0 Å². The van der Waals surface area contributed by atoms with Gasteiger partial charge in [0.25, 0.3) is 0 Å². The maximum absolute atomic E-state index is 12.7. The molecular weight excluding hydrogens is 721 g/mol. The molecule has 6 heteroatoms. The molecule has 0 aromatic rings. The Morgan fingerprint density at radius 3 is 1.16 bits per heavy atom. The molecule has 0 saturated heterocycles. The first-order valence-corrected chi connectivity index (χ1v) is 24.3. The van der Waals surface area contributed by atoms with Crippen molar-refractivity contribution in [3.05, 3.63) is 60.8 Å². The van der Waals surface area contributed by atoms with Crippen LogP contribution in [0.1, 0.15) is 233 Å². The van der Waals surface area contributed by atoms with Gasteiger partial charge in [-0.2, -0.15) is 0 Å². The topological polar surface area (TPSA) is 78.9 Å². The van der Waals surface area contributed by atoms with Gasteiger partial charge >= 0.3 is 17.9 Å². The van der Waals surface area contributed by atoms with E-state index in [1.165, 1.54) is 109 Å². The van der Waals surface area contributed by atoms with E-state index in [0.29, 0.717) is 19.3 Å². The van der Waals surface area contributed by atoms with E-state index < -0.39 is 12.1 Å². The van der Waals surface area contributed by atoms with Crippen LogP contribution in [0.5, 0.6) is 0 Å². The molecule has 0 aliphatic rings. The molecule has 0 heterocycles. The number of hydrogen-bond acceptors (Lipinski definition) is 6. The third-order valence-electron chi connectivity index (χ3n) is 10.3. The van der Waals surface area contributed by atoms with E-state index in [2.05, 4.69) is 69.4 Å². The monoisotopic (exact) mass is 811 g/mol. The van der Waals surface area contributed by atoms with Gasteiger partial charge < -0.3 is 14.2 Å². The SMILES string of the molecule is CC/C=C\C/C=C\C/C=C\C/C=C\CCC(=O)OC(COC(=O)CCCCCCC/C=C\CCCCC)COC(=O)CCCCCCCCCCCCCCCCC. The Morgan fingerprint density at radius 2 is 0.707 bits per heavy atom. The zero-order chi connectivity index (χ0) is 42.3. The highest BCUT2D eigenvalue weighted by Gasteiger charge is 2.19. The van der Waals surface area contributed by atoms with Crippen LogP contribution in [0.3, 0.4) is 0 Å². The third-order valence-corrected chi connectivity index (χ3v) is 10.3. The van der Waals surface area contributed by atoms with Gasteiger partial charge in [-0.1, -0.05) is 204 Å². The van der Waals surface area contributed by atoms with Crippen LogP contribution in [0.25, 0.3) is 0 Å². The second kappa shape index (κ2) is 46.8. The molecule has 0 N–H and O–H groups in total. The van der Waals surface area contributed by atoms with E-state index in [0.717, 1.165) is 77.0 Å². The van der Waals surface area contributed by atoms with Crippen LogP contribution in [0.4, 0.5) is 0 Å². The quantitative estimate of drug-likeness (QED) is 0.0264. The summed E-state index contributed by atoms with van der Waals surface area (Å²) in [4.78, 5) is 37.8. The first-order chi connectivity index (χ1) is 28.5. The molecule has 0 fully saturated rings. The first kappa shape index (κ1) is 55.1. The molecule has 0 aromatic heterocycles. The van der Waals surface area contributed by atoms with Crippen LogP contribution in [-0.4, -0.2) is 37.2 Å². The number of allylic oxidation sites excluding steroid dienone is 10. The number of unbranched alkanes of at least 4 members (excludes halogenated alkanes) is 22. The minimum Gasteiger partial charge on any atom is -0.462 e. The summed E-state index contributed by atoms with van der Waals surface area (Å²) in [5.74, 6) is -0.994. The molecule has 334 valence electrons. The van der Waals surface area contributed by atoms with Crippen LogP contribution in [0.15, 0.2) is 60.8 Å². The van der Waals surface area contributed by atoms with Gasteiger partial charge in [0, 0.05) is 19.3 Å². The third kappa shape index (κ3) is 44.2. The van der Waals surface area contributed by atoms with E-state index >= 15 is 0 Å². The Labute approximate surface area is 358 Å². The standard InChI is InChI=1S/C52H90O6/c1-4-7-10-13-16-19-22-25-26-28-30-33-36-39-42-45-51(54)57-48-49(47-56-50(53)44-41-38-35-32-29-24-21-18-15-12-9-6-3)58-52(55)46-43-40-37-34-31-27-23-20-17-14-11-8-5-2/h8,11,17-18,20-21,27,31,37,40,49H,4-7,9-10,12-16,19,22-26,28-30,32-36,38-39,41-48H2,1-3H3/b11-8-,20-17-,21-18-,31-27-,40-37-. The van der Waals surface area contributed by atoms with Gasteiger partial charge in [0.15, 0.2) is 6.10 Å². The zero-order valence-electron chi connectivity index (χ0n) is 38.0. The van der Waals surface area contributed by atoms with Crippen LogP contribution in [0.2, 0.25) is 0 Å². The lowest BCUT2D eigenvalue weighted by molar-refractivity contribution is -0.166. The van der Waals surface area contributed by atoms with Crippen molar-refractivity contribution >= 4 is 17.9 Å². The summed E-state index contributed by atoms with van der Waals surface area (Å²) in [6.45, 7) is 6.43. The average Bonchev–Trinajstić information content (AvgIpc) is 3.22. The van der Waals surface area contributed by atoms with Crippen molar-refractivity contribution in [1.29, 1.82) is 0 Å². The highest BCUT2D eigenvalue weighted by Crippen LogP contribution is 2.15. The van der Waals surface area contributed by atoms with Gasteiger partial charge in [0.1, 0.15) is 13.2 Å². The van der Waals surface area contributed by atoms with E-state index in [1.807, 2.05) is 12.2 Å². The van der Waals surface area contributed by atoms with Crippen molar-refractivity contribution in [2.24, 2.45) is 0 Å². The molecule has 6 nitrogen and oxygen atoms in total. The van der Waals surface area contributed by atoms with Crippen molar-refractivity contribution < 1.29 is 28.6 Å². The molecule has 0 rings (SSSR count). The summed E-state index contributed by atoms with van der Waals surface area (Å²) in [6, 6.07) is 0. The summed E-state index contributed by atoms with van der Waals surface area (Å²) in [7, 11) is 0. The minimum absolute atomic E-state index is 0.104. The van der Waals surface area contributed by atoms with E-state index in [4.69, 9.17) is 14.2 Å². The molecule has 1 unspecified atom stereocenters. The molecular formula is C52H90O6. The predicted octanol–water partition coefficient (Wildman–Crippen LogP) is 15.7. The maximum Gasteiger partial charge on any atom is 0.306 e. The Morgan fingerprint density at radius 1 is 0.362 bits per heavy atom. The lowest BCUT2D eigenvalue weighted by atomic mass is 10.0. The summed E-state index contributed by atoms with van der Waals surface area (Å²) in [5.41, 5.74) is 0. The first-order valence-electron chi connectivity index (χ1n) is 24.3. The smallest absolute Gasteiger partial charge is 0.306 e. The largest absolute Gasteiger partial charge is 0.462 e. The predicted molar refractivity (Wildman–Crippen MR) is 247 cm³/mol. The van der Waals surface area contributed by atoms with Crippen molar-refractivity contribution in [2.45, 2.75) is 239 Å². The highest BCUT2D eigenvalue weighted by molar-refractivity contribution is 5.71. The van der Waals surface area contributed by atoms with Crippen molar-refractivity contribution in [2.75, 3.05) is 13.2 Å². The fourth-order valence-corrected chi connectivity index (χ4v) is 6.63. The fourth-order valence-electron chi connectivity index (χ4n) is 6.63. The van der Waals surface area contributed by atoms with Crippen LogP contribution in [0, 0.1) is 0 Å². The second-order valence-electron chi connectivity index (χ2n) is 16.0. The van der Waals surface area contributed by atoms with E-state index in [-0.39, 0.29) is 31.6 Å².